The largest absolute Gasteiger partial charge is 0.326 e. The lowest BCUT2D eigenvalue weighted by molar-refractivity contribution is -0.116. The van der Waals surface area contributed by atoms with Gasteiger partial charge in [-0.15, -0.1) is 11.3 Å². The molecule has 0 aliphatic heterocycles. The Bertz CT molecular complexity index is 957. The predicted octanol–water partition coefficient (Wildman–Crippen LogP) is 4.58. The zero-order valence-electron chi connectivity index (χ0n) is 14.7. The molecule has 0 spiro atoms. The molecule has 0 bridgehead atoms. The summed E-state index contributed by atoms with van der Waals surface area (Å²) in [7, 11) is 0. The number of nitrogens with zero attached hydrogens (tertiary/aromatic N) is 1. The molecule has 2 amide bonds. The molecule has 0 unspecified atom stereocenters. The first kappa shape index (κ1) is 19.3. The number of thiazole rings is 1. The summed E-state index contributed by atoms with van der Waals surface area (Å²) in [5.74, 6) is -0.273. The van der Waals surface area contributed by atoms with E-state index in [9.17, 15) is 9.59 Å². The van der Waals surface area contributed by atoms with Crippen molar-refractivity contribution in [2.75, 3.05) is 10.6 Å². The molecule has 0 aliphatic rings. The smallest absolute Gasteiger partial charge is 0.230 e. The van der Waals surface area contributed by atoms with Crippen LogP contribution in [-0.2, 0) is 22.4 Å². The van der Waals surface area contributed by atoms with Crippen molar-refractivity contribution >= 4 is 49.9 Å². The maximum absolute atomic E-state index is 12.2. The van der Waals surface area contributed by atoms with Crippen LogP contribution in [0.3, 0.4) is 0 Å². The van der Waals surface area contributed by atoms with Crippen molar-refractivity contribution in [2.45, 2.75) is 19.8 Å². The van der Waals surface area contributed by atoms with Crippen LogP contribution in [0.4, 0.5) is 10.8 Å². The van der Waals surface area contributed by atoms with Gasteiger partial charge in [-0.05, 0) is 36.2 Å². The molecule has 7 heteroatoms. The number of aryl methyl sites for hydroxylation is 1. The second kappa shape index (κ2) is 8.92. The number of rotatable bonds is 6. The lowest BCUT2D eigenvalue weighted by Crippen LogP contribution is -2.16. The first-order valence-corrected chi connectivity index (χ1v) is 10.0. The average molecular weight is 444 g/mol. The molecule has 2 aromatic carbocycles. The van der Waals surface area contributed by atoms with E-state index < -0.39 is 0 Å². The Kier molecular flexibility index (Phi) is 6.36. The number of benzene rings is 2. The molecule has 0 saturated carbocycles. The minimum Gasteiger partial charge on any atom is -0.326 e. The van der Waals surface area contributed by atoms with E-state index in [-0.39, 0.29) is 18.2 Å². The molecule has 138 valence electrons. The second-order valence-electron chi connectivity index (χ2n) is 6.04. The quantitative estimate of drug-likeness (QED) is 0.585. The molecule has 1 aromatic heterocycles. The van der Waals surface area contributed by atoms with Gasteiger partial charge in [0, 0.05) is 15.5 Å². The second-order valence-corrected chi connectivity index (χ2v) is 7.81. The molecule has 3 aromatic rings. The Hall–Kier alpha value is -2.51. The lowest BCUT2D eigenvalue weighted by atomic mass is 10.1. The first-order chi connectivity index (χ1) is 13.0. The standard InChI is InChI=1S/C20H18BrN3O2S/c1-13-9-15(21)7-8-17(13)23-19(26)11-16-12-27-20(22-16)24-18(25)10-14-5-3-2-4-6-14/h2-9,12H,10-11H2,1H3,(H,23,26)(H,22,24,25). The number of carbonyl (C=O) groups excluding carboxylic acids is 2. The lowest BCUT2D eigenvalue weighted by Gasteiger charge is -2.08. The maximum Gasteiger partial charge on any atom is 0.230 e. The summed E-state index contributed by atoms with van der Waals surface area (Å²) in [6, 6.07) is 15.2. The third kappa shape index (κ3) is 5.74. The molecule has 0 atom stereocenters. The van der Waals surface area contributed by atoms with Gasteiger partial charge in [-0.1, -0.05) is 46.3 Å². The van der Waals surface area contributed by atoms with Crippen LogP contribution in [-0.4, -0.2) is 16.8 Å². The summed E-state index contributed by atoms with van der Waals surface area (Å²) in [6.45, 7) is 1.93. The van der Waals surface area contributed by atoms with E-state index in [2.05, 4.69) is 31.5 Å². The Morgan fingerprint density at radius 1 is 1.04 bits per heavy atom. The molecule has 0 aliphatic carbocycles. The van der Waals surface area contributed by atoms with Crippen molar-refractivity contribution in [2.24, 2.45) is 0 Å². The number of hydrogen-bond donors (Lipinski definition) is 2. The Labute approximate surface area is 170 Å². The number of amides is 2. The summed E-state index contributed by atoms with van der Waals surface area (Å²) in [5, 5.41) is 7.95. The average Bonchev–Trinajstić information content (AvgIpc) is 3.05. The summed E-state index contributed by atoms with van der Waals surface area (Å²) >= 11 is 4.72. The van der Waals surface area contributed by atoms with Crippen LogP contribution in [0.25, 0.3) is 0 Å². The van der Waals surface area contributed by atoms with E-state index in [0.717, 1.165) is 21.3 Å². The molecule has 0 radical (unpaired) electrons. The number of anilines is 2. The van der Waals surface area contributed by atoms with Crippen LogP contribution in [0, 0.1) is 6.92 Å². The van der Waals surface area contributed by atoms with Crippen LogP contribution < -0.4 is 10.6 Å². The van der Waals surface area contributed by atoms with Crippen molar-refractivity contribution in [1.82, 2.24) is 4.98 Å². The minimum atomic E-state index is -0.145. The zero-order chi connectivity index (χ0) is 19.2. The van der Waals surface area contributed by atoms with Gasteiger partial charge < -0.3 is 10.6 Å². The third-order valence-electron chi connectivity index (χ3n) is 3.81. The monoisotopic (exact) mass is 443 g/mol. The summed E-state index contributed by atoms with van der Waals surface area (Å²) in [5.41, 5.74) is 3.32. The highest BCUT2D eigenvalue weighted by Gasteiger charge is 2.11. The van der Waals surface area contributed by atoms with Gasteiger partial charge in [0.15, 0.2) is 5.13 Å². The minimum absolute atomic E-state index is 0.128. The molecular weight excluding hydrogens is 426 g/mol. The topological polar surface area (TPSA) is 71.1 Å². The molecular formula is C20H18BrN3O2S. The van der Waals surface area contributed by atoms with Gasteiger partial charge in [-0.2, -0.15) is 0 Å². The molecule has 0 saturated heterocycles. The van der Waals surface area contributed by atoms with Crippen molar-refractivity contribution < 1.29 is 9.59 Å². The van der Waals surface area contributed by atoms with Crippen molar-refractivity contribution in [3.63, 3.8) is 0 Å². The Morgan fingerprint density at radius 3 is 2.52 bits per heavy atom. The van der Waals surface area contributed by atoms with Gasteiger partial charge in [0.05, 0.1) is 18.5 Å². The molecule has 0 fully saturated rings. The van der Waals surface area contributed by atoms with Crippen molar-refractivity contribution in [3.05, 3.63) is 75.2 Å². The number of halogens is 1. The molecule has 3 rings (SSSR count). The van der Waals surface area contributed by atoms with E-state index in [4.69, 9.17) is 0 Å². The fourth-order valence-electron chi connectivity index (χ4n) is 2.52. The van der Waals surface area contributed by atoms with Crippen LogP contribution in [0.1, 0.15) is 16.8 Å². The van der Waals surface area contributed by atoms with Crippen LogP contribution >= 0.6 is 27.3 Å². The summed E-state index contributed by atoms with van der Waals surface area (Å²) < 4.78 is 0.966. The van der Waals surface area contributed by atoms with Gasteiger partial charge in [0.2, 0.25) is 11.8 Å². The summed E-state index contributed by atoms with van der Waals surface area (Å²) in [6.07, 6.45) is 0.444. The number of nitrogens with one attached hydrogen (secondary N) is 2. The fraction of sp³-hybridized carbons (Fsp3) is 0.150. The zero-order valence-corrected chi connectivity index (χ0v) is 17.1. The Morgan fingerprint density at radius 2 is 1.78 bits per heavy atom. The molecule has 5 nitrogen and oxygen atoms in total. The number of aromatic nitrogens is 1. The number of carbonyl (C=O) groups is 2. The third-order valence-corrected chi connectivity index (χ3v) is 5.11. The van der Waals surface area contributed by atoms with E-state index in [1.54, 1.807) is 5.38 Å². The van der Waals surface area contributed by atoms with E-state index in [1.165, 1.54) is 11.3 Å². The highest BCUT2D eigenvalue weighted by Crippen LogP contribution is 2.21. The van der Waals surface area contributed by atoms with Crippen LogP contribution in [0.15, 0.2) is 58.4 Å². The summed E-state index contributed by atoms with van der Waals surface area (Å²) in [4.78, 5) is 28.7. The maximum atomic E-state index is 12.2. The Balaban J connectivity index is 1.54. The number of hydrogen-bond acceptors (Lipinski definition) is 4. The van der Waals surface area contributed by atoms with Gasteiger partial charge in [-0.25, -0.2) is 4.98 Å². The molecule has 1 heterocycles. The molecule has 2 N–H and O–H groups in total. The van der Waals surface area contributed by atoms with Crippen molar-refractivity contribution in [1.29, 1.82) is 0 Å². The van der Waals surface area contributed by atoms with Crippen LogP contribution in [0.2, 0.25) is 0 Å². The molecule has 27 heavy (non-hydrogen) atoms. The normalized spacial score (nSPS) is 10.4. The van der Waals surface area contributed by atoms with Gasteiger partial charge >= 0.3 is 0 Å². The predicted molar refractivity (Wildman–Crippen MR) is 112 cm³/mol. The highest BCUT2D eigenvalue weighted by atomic mass is 79.9. The van der Waals surface area contributed by atoms with Gasteiger partial charge in [-0.3, -0.25) is 9.59 Å². The van der Waals surface area contributed by atoms with E-state index in [1.807, 2.05) is 55.5 Å². The highest BCUT2D eigenvalue weighted by molar-refractivity contribution is 9.10. The fourth-order valence-corrected chi connectivity index (χ4v) is 3.72. The van der Waals surface area contributed by atoms with Crippen molar-refractivity contribution in [3.8, 4) is 0 Å². The first-order valence-electron chi connectivity index (χ1n) is 8.34. The SMILES string of the molecule is Cc1cc(Br)ccc1NC(=O)Cc1csc(NC(=O)Cc2ccccc2)n1. The van der Waals surface area contributed by atoms with E-state index >= 15 is 0 Å². The van der Waals surface area contributed by atoms with Gasteiger partial charge in [0.1, 0.15) is 0 Å². The van der Waals surface area contributed by atoms with Gasteiger partial charge in [0.25, 0.3) is 0 Å². The van der Waals surface area contributed by atoms with Crippen LogP contribution in [0.5, 0.6) is 0 Å². The van der Waals surface area contributed by atoms with E-state index in [0.29, 0.717) is 17.2 Å².